The molecule has 0 bridgehead atoms. The lowest BCUT2D eigenvalue weighted by atomic mass is 9.57. The third-order valence-corrected chi connectivity index (χ3v) is 3.79. The van der Waals surface area contributed by atoms with E-state index in [0.717, 1.165) is 6.42 Å². The number of hydrogen-bond donors (Lipinski definition) is 1. The molecule has 14 heavy (non-hydrogen) atoms. The van der Waals surface area contributed by atoms with Crippen LogP contribution in [0, 0.1) is 11.3 Å². The molecule has 1 heterocycles. The van der Waals surface area contributed by atoms with Crippen molar-refractivity contribution in [2.24, 2.45) is 17.1 Å². The molecule has 1 saturated heterocycles. The van der Waals surface area contributed by atoms with Crippen LogP contribution in [0.25, 0.3) is 0 Å². The third kappa shape index (κ3) is 1.44. The molecule has 0 spiro atoms. The largest absolute Gasteiger partial charge is 0.378 e. The molecule has 2 atom stereocenters. The fourth-order valence-corrected chi connectivity index (χ4v) is 3.07. The number of alkyl halides is 2. The number of halogens is 2. The fraction of sp³-hybridized carbons (Fsp3) is 1.00. The van der Waals surface area contributed by atoms with Crippen molar-refractivity contribution >= 4 is 0 Å². The lowest BCUT2D eigenvalue weighted by Gasteiger charge is -2.51. The van der Waals surface area contributed by atoms with Crippen LogP contribution in [0.1, 0.15) is 26.2 Å². The molecule has 0 aromatic carbocycles. The Bertz CT molecular complexity index is 224. The minimum atomic E-state index is -2.48. The van der Waals surface area contributed by atoms with Gasteiger partial charge in [-0.15, -0.1) is 0 Å². The lowest BCUT2D eigenvalue weighted by molar-refractivity contribution is -0.184. The Balaban J connectivity index is 2.07. The molecule has 0 radical (unpaired) electrons. The van der Waals surface area contributed by atoms with E-state index in [9.17, 15) is 8.78 Å². The Hall–Kier alpha value is -0.220. The predicted molar refractivity (Wildman–Crippen MR) is 49.2 cm³/mol. The van der Waals surface area contributed by atoms with Crippen molar-refractivity contribution < 1.29 is 13.5 Å². The lowest BCUT2D eigenvalue weighted by Crippen LogP contribution is -2.56. The molecule has 1 aliphatic heterocycles. The summed E-state index contributed by atoms with van der Waals surface area (Å²) in [5, 5.41) is 0. The SMILES string of the molecule is CC1OCCC1C1(CN)CC(F)(F)C1. The third-order valence-electron chi connectivity index (χ3n) is 3.79. The van der Waals surface area contributed by atoms with Crippen molar-refractivity contribution in [1.29, 1.82) is 0 Å². The maximum Gasteiger partial charge on any atom is 0.249 e. The van der Waals surface area contributed by atoms with Gasteiger partial charge in [-0.05, 0) is 31.2 Å². The van der Waals surface area contributed by atoms with Gasteiger partial charge in [0.2, 0.25) is 5.92 Å². The first-order valence-corrected chi connectivity index (χ1v) is 5.19. The Morgan fingerprint density at radius 1 is 1.43 bits per heavy atom. The molecule has 2 rings (SSSR count). The van der Waals surface area contributed by atoms with Gasteiger partial charge in [-0.2, -0.15) is 0 Å². The van der Waals surface area contributed by atoms with Gasteiger partial charge in [-0.25, -0.2) is 8.78 Å². The molecule has 2 aliphatic rings. The van der Waals surface area contributed by atoms with Crippen LogP contribution in [0.3, 0.4) is 0 Å². The first kappa shape index (κ1) is 10.3. The molecule has 82 valence electrons. The van der Waals surface area contributed by atoms with Gasteiger partial charge in [0.1, 0.15) is 0 Å². The molecular weight excluding hydrogens is 188 g/mol. The molecule has 2 N–H and O–H groups in total. The number of nitrogens with two attached hydrogens (primary N) is 1. The summed E-state index contributed by atoms with van der Waals surface area (Å²) in [4.78, 5) is 0. The molecule has 1 saturated carbocycles. The molecular formula is C10H17F2NO. The van der Waals surface area contributed by atoms with Gasteiger partial charge < -0.3 is 10.5 Å². The van der Waals surface area contributed by atoms with Crippen LogP contribution in [-0.2, 0) is 4.74 Å². The van der Waals surface area contributed by atoms with Crippen molar-refractivity contribution in [3.8, 4) is 0 Å². The van der Waals surface area contributed by atoms with E-state index in [1.54, 1.807) is 0 Å². The normalized spacial score (nSPS) is 39.4. The van der Waals surface area contributed by atoms with E-state index >= 15 is 0 Å². The average molecular weight is 205 g/mol. The number of rotatable bonds is 2. The van der Waals surface area contributed by atoms with Gasteiger partial charge in [0.25, 0.3) is 0 Å². The van der Waals surface area contributed by atoms with Gasteiger partial charge in [-0.3, -0.25) is 0 Å². The Morgan fingerprint density at radius 3 is 2.43 bits per heavy atom. The molecule has 4 heteroatoms. The molecule has 1 aliphatic carbocycles. The zero-order valence-electron chi connectivity index (χ0n) is 8.43. The van der Waals surface area contributed by atoms with Crippen molar-refractivity contribution in [3.05, 3.63) is 0 Å². The van der Waals surface area contributed by atoms with Crippen LogP contribution < -0.4 is 5.73 Å². The highest BCUT2D eigenvalue weighted by atomic mass is 19.3. The van der Waals surface area contributed by atoms with Crippen LogP contribution in [-0.4, -0.2) is 25.2 Å². The van der Waals surface area contributed by atoms with Crippen molar-refractivity contribution in [2.45, 2.75) is 38.2 Å². The standard InChI is InChI=1S/C10H17F2NO/c1-7-8(2-3-14-7)9(6-13)4-10(11,12)5-9/h7-8H,2-6,13H2,1H3. The van der Waals surface area contributed by atoms with E-state index in [2.05, 4.69) is 0 Å². The monoisotopic (exact) mass is 205 g/mol. The van der Waals surface area contributed by atoms with E-state index in [1.165, 1.54) is 0 Å². The van der Waals surface area contributed by atoms with Crippen LogP contribution in [0.4, 0.5) is 8.78 Å². The molecule has 0 amide bonds. The van der Waals surface area contributed by atoms with Gasteiger partial charge >= 0.3 is 0 Å². The topological polar surface area (TPSA) is 35.2 Å². The van der Waals surface area contributed by atoms with E-state index in [0.29, 0.717) is 13.2 Å². The van der Waals surface area contributed by atoms with Crippen LogP contribution in [0.5, 0.6) is 0 Å². The molecule has 0 aromatic rings. The maximum atomic E-state index is 12.9. The second-order valence-electron chi connectivity index (χ2n) is 4.75. The minimum Gasteiger partial charge on any atom is -0.378 e. The summed E-state index contributed by atoms with van der Waals surface area (Å²) in [7, 11) is 0. The van der Waals surface area contributed by atoms with E-state index in [1.807, 2.05) is 6.92 Å². The summed E-state index contributed by atoms with van der Waals surface area (Å²) in [6.07, 6.45) is 0.882. The van der Waals surface area contributed by atoms with Crippen molar-refractivity contribution in [2.75, 3.05) is 13.2 Å². The van der Waals surface area contributed by atoms with Crippen molar-refractivity contribution in [1.82, 2.24) is 0 Å². The van der Waals surface area contributed by atoms with Crippen LogP contribution in [0.15, 0.2) is 0 Å². The van der Waals surface area contributed by atoms with E-state index < -0.39 is 5.92 Å². The second-order valence-corrected chi connectivity index (χ2v) is 4.75. The Labute approximate surface area is 82.8 Å². The van der Waals surface area contributed by atoms with Crippen LogP contribution >= 0.6 is 0 Å². The summed E-state index contributed by atoms with van der Waals surface area (Å²) in [6.45, 7) is 3.02. The van der Waals surface area contributed by atoms with Crippen LogP contribution in [0.2, 0.25) is 0 Å². The number of ether oxygens (including phenoxy) is 1. The molecule has 2 nitrogen and oxygen atoms in total. The zero-order valence-corrected chi connectivity index (χ0v) is 8.43. The summed E-state index contributed by atoms with van der Waals surface area (Å²) in [5.74, 6) is -2.26. The second kappa shape index (κ2) is 3.14. The fourth-order valence-electron chi connectivity index (χ4n) is 3.07. The highest BCUT2D eigenvalue weighted by Gasteiger charge is 2.60. The highest BCUT2D eigenvalue weighted by Crippen LogP contribution is 2.58. The van der Waals surface area contributed by atoms with E-state index in [4.69, 9.17) is 10.5 Å². The first-order valence-electron chi connectivity index (χ1n) is 5.19. The van der Waals surface area contributed by atoms with Gasteiger partial charge in [0.15, 0.2) is 0 Å². The predicted octanol–water partition coefficient (Wildman–Crippen LogP) is 1.79. The van der Waals surface area contributed by atoms with E-state index in [-0.39, 0.29) is 30.3 Å². The molecule has 0 aromatic heterocycles. The molecule has 2 fully saturated rings. The Morgan fingerprint density at radius 2 is 2.07 bits per heavy atom. The maximum absolute atomic E-state index is 12.9. The molecule has 2 unspecified atom stereocenters. The average Bonchev–Trinajstić information content (AvgIpc) is 2.46. The zero-order chi connectivity index (χ0) is 10.4. The summed E-state index contributed by atoms with van der Waals surface area (Å²) in [5.41, 5.74) is 5.30. The quantitative estimate of drug-likeness (QED) is 0.745. The van der Waals surface area contributed by atoms with Gasteiger partial charge in [0, 0.05) is 19.4 Å². The Kier molecular flexibility index (Phi) is 2.31. The summed E-state index contributed by atoms with van der Waals surface area (Å²) >= 11 is 0. The first-order chi connectivity index (χ1) is 6.49. The number of hydrogen-bond acceptors (Lipinski definition) is 2. The minimum absolute atomic E-state index is 0.0468. The summed E-state index contributed by atoms with van der Waals surface area (Å²) in [6, 6.07) is 0. The van der Waals surface area contributed by atoms with Gasteiger partial charge in [-0.1, -0.05) is 0 Å². The van der Waals surface area contributed by atoms with Crippen molar-refractivity contribution in [3.63, 3.8) is 0 Å². The smallest absolute Gasteiger partial charge is 0.249 e. The summed E-state index contributed by atoms with van der Waals surface area (Å²) < 4.78 is 31.2. The highest BCUT2D eigenvalue weighted by molar-refractivity contribution is 5.05. The van der Waals surface area contributed by atoms with Gasteiger partial charge in [0.05, 0.1) is 6.10 Å².